The van der Waals surface area contributed by atoms with Gasteiger partial charge in [0.05, 0.1) is 24.3 Å². The number of fused-ring (bicyclic) bond motifs is 1. The highest BCUT2D eigenvalue weighted by molar-refractivity contribution is 9.10. The molecule has 2 aliphatic heterocycles. The van der Waals surface area contributed by atoms with Gasteiger partial charge >= 0.3 is 0 Å². The number of hydrogen-bond donors (Lipinski definition) is 1. The van der Waals surface area contributed by atoms with Crippen LogP contribution in [0.4, 0.5) is 0 Å². The normalized spacial score (nSPS) is 23.4. The van der Waals surface area contributed by atoms with E-state index in [4.69, 9.17) is 9.47 Å². The average Bonchev–Trinajstić information content (AvgIpc) is 2.48. The van der Waals surface area contributed by atoms with E-state index in [-0.39, 0.29) is 6.10 Å². The molecule has 2 heterocycles. The molecule has 2 aliphatic rings. The molecule has 110 valence electrons. The third kappa shape index (κ3) is 3.01. The lowest BCUT2D eigenvalue weighted by molar-refractivity contribution is 0.0134. The first-order valence-electron chi connectivity index (χ1n) is 7.19. The van der Waals surface area contributed by atoms with E-state index >= 15 is 0 Å². The van der Waals surface area contributed by atoms with Gasteiger partial charge in [-0.2, -0.15) is 0 Å². The first-order valence-corrected chi connectivity index (χ1v) is 7.98. The van der Waals surface area contributed by atoms with Gasteiger partial charge in [-0.3, -0.25) is 4.90 Å². The van der Waals surface area contributed by atoms with Gasteiger partial charge in [-0.05, 0) is 45.6 Å². The van der Waals surface area contributed by atoms with E-state index < -0.39 is 0 Å². The van der Waals surface area contributed by atoms with Crippen LogP contribution in [0.5, 0.6) is 5.75 Å². The van der Waals surface area contributed by atoms with E-state index in [1.54, 1.807) is 7.11 Å². The Bertz CT molecular complexity index is 475. The van der Waals surface area contributed by atoms with Crippen LogP contribution in [-0.2, 0) is 11.2 Å². The number of piperazine rings is 1. The third-order valence-electron chi connectivity index (χ3n) is 4.08. The Balaban J connectivity index is 1.81. The van der Waals surface area contributed by atoms with Crippen LogP contribution in [0.25, 0.3) is 0 Å². The number of nitrogens with zero attached hydrogens (tertiary/aromatic N) is 1. The summed E-state index contributed by atoms with van der Waals surface area (Å²) in [6.45, 7) is 6.13. The predicted molar refractivity (Wildman–Crippen MR) is 82.4 cm³/mol. The number of halogens is 1. The summed E-state index contributed by atoms with van der Waals surface area (Å²) >= 11 is 3.57. The Kier molecular flexibility index (Phi) is 4.61. The molecular formula is C15H21BrN2O2. The molecule has 0 aliphatic carbocycles. The van der Waals surface area contributed by atoms with Crippen LogP contribution in [-0.4, -0.2) is 51.3 Å². The molecule has 1 aromatic rings. The van der Waals surface area contributed by atoms with Crippen molar-refractivity contribution in [3.63, 3.8) is 0 Å². The van der Waals surface area contributed by atoms with Crippen molar-refractivity contribution < 1.29 is 9.47 Å². The van der Waals surface area contributed by atoms with Crippen LogP contribution >= 0.6 is 15.9 Å². The van der Waals surface area contributed by atoms with Crippen molar-refractivity contribution in [2.24, 2.45) is 0 Å². The van der Waals surface area contributed by atoms with Crippen molar-refractivity contribution >= 4 is 15.9 Å². The fourth-order valence-corrected chi connectivity index (χ4v) is 3.52. The molecule has 1 saturated heterocycles. The second-order valence-corrected chi connectivity index (χ2v) is 6.20. The molecule has 20 heavy (non-hydrogen) atoms. The van der Waals surface area contributed by atoms with Crippen molar-refractivity contribution in [2.75, 3.05) is 46.4 Å². The second-order valence-electron chi connectivity index (χ2n) is 5.35. The molecular weight excluding hydrogens is 320 g/mol. The number of ether oxygens (including phenoxy) is 2. The molecule has 1 fully saturated rings. The summed E-state index contributed by atoms with van der Waals surface area (Å²) in [7, 11) is 1.71. The molecule has 0 aromatic heterocycles. The monoisotopic (exact) mass is 340 g/mol. The Hall–Kier alpha value is -0.620. The smallest absolute Gasteiger partial charge is 0.133 e. The van der Waals surface area contributed by atoms with Crippen LogP contribution in [0.1, 0.15) is 17.2 Å². The number of hydrogen-bond acceptors (Lipinski definition) is 4. The zero-order chi connectivity index (χ0) is 13.9. The molecule has 1 N–H and O–H groups in total. The fraction of sp³-hybridized carbons (Fsp3) is 0.600. The molecule has 1 atom stereocenters. The molecule has 0 amide bonds. The van der Waals surface area contributed by atoms with Gasteiger partial charge in [0.2, 0.25) is 0 Å². The van der Waals surface area contributed by atoms with Gasteiger partial charge < -0.3 is 14.8 Å². The summed E-state index contributed by atoms with van der Waals surface area (Å²) in [5.41, 5.74) is 2.67. The minimum atomic E-state index is 0.166. The average molecular weight is 341 g/mol. The van der Waals surface area contributed by atoms with Crippen molar-refractivity contribution in [1.29, 1.82) is 0 Å². The summed E-state index contributed by atoms with van der Waals surface area (Å²) in [5.74, 6) is 0.888. The molecule has 0 spiro atoms. The predicted octanol–water partition coefficient (Wildman–Crippen LogP) is 1.98. The van der Waals surface area contributed by atoms with Gasteiger partial charge in [0, 0.05) is 32.7 Å². The molecule has 1 aromatic carbocycles. The lowest BCUT2D eigenvalue weighted by atomic mass is 9.96. The molecule has 5 heteroatoms. The van der Waals surface area contributed by atoms with Gasteiger partial charge in [-0.1, -0.05) is 0 Å². The van der Waals surface area contributed by atoms with Gasteiger partial charge in [0.1, 0.15) is 5.75 Å². The van der Waals surface area contributed by atoms with Gasteiger partial charge in [-0.15, -0.1) is 0 Å². The molecule has 0 saturated carbocycles. The Morgan fingerprint density at radius 1 is 1.40 bits per heavy atom. The van der Waals surface area contributed by atoms with E-state index in [2.05, 4.69) is 38.3 Å². The van der Waals surface area contributed by atoms with E-state index in [9.17, 15) is 0 Å². The van der Waals surface area contributed by atoms with Crippen molar-refractivity contribution in [3.8, 4) is 5.75 Å². The highest BCUT2D eigenvalue weighted by Gasteiger charge is 2.25. The Labute approximate surface area is 128 Å². The maximum absolute atomic E-state index is 6.01. The first kappa shape index (κ1) is 14.3. The van der Waals surface area contributed by atoms with Gasteiger partial charge in [-0.25, -0.2) is 0 Å². The van der Waals surface area contributed by atoms with E-state index in [1.165, 1.54) is 11.1 Å². The highest BCUT2D eigenvalue weighted by atomic mass is 79.9. The summed E-state index contributed by atoms with van der Waals surface area (Å²) in [6, 6.07) is 4.31. The molecule has 4 nitrogen and oxygen atoms in total. The van der Waals surface area contributed by atoms with Gasteiger partial charge in [0.15, 0.2) is 0 Å². The van der Waals surface area contributed by atoms with E-state index in [0.717, 1.165) is 56.0 Å². The standard InChI is InChI=1S/C15H21BrN2O2/c1-19-14-9-12-11(8-13(14)16)2-7-20-15(12)10-18-5-3-17-4-6-18/h8-9,15,17H,2-7,10H2,1H3. The number of benzene rings is 1. The lowest BCUT2D eigenvalue weighted by Crippen LogP contribution is -2.45. The van der Waals surface area contributed by atoms with Crippen LogP contribution < -0.4 is 10.1 Å². The van der Waals surface area contributed by atoms with E-state index in [0.29, 0.717) is 0 Å². The van der Waals surface area contributed by atoms with Crippen LogP contribution in [0.2, 0.25) is 0 Å². The maximum atomic E-state index is 6.01. The molecule has 0 bridgehead atoms. The first-order chi connectivity index (χ1) is 9.78. The summed E-state index contributed by atoms with van der Waals surface area (Å²) in [4.78, 5) is 2.48. The minimum absolute atomic E-state index is 0.166. The van der Waals surface area contributed by atoms with Crippen molar-refractivity contribution in [3.05, 3.63) is 27.7 Å². The minimum Gasteiger partial charge on any atom is -0.496 e. The summed E-state index contributed by atoms with van der Waals surface area (Å²) in [6.07, 6.45) is 1.15. The number of nitrogens with one attached hydrogen (secondary N) is 1. The molecule has 0 radical (unpaired) electrons. The zero-order valence-corrected chi connectivity index (χ0v) is 13.4. The van der Waals surface area contributed by atoms with Crippen LogP contribution in [0.15, 0.2) is 16.6 Å². The Morgan fingerprint density at radius 2 is 2.20 bits per heavy atom. The lowest BCUT2D eigenvalue weighted by Gasteiger charge is -2.34. The van der Waals surface area contributed by atoms with E-state index in [1.807, 2.05) is 0 Å². The quantitative estimate of drug-likeness (QED) is 0.912. The third-order valence-corrected chi connectivity index (χ3v) is 4.70. The van der Waals surface area contributed by atoms with Crippen LogP contribution in [0.3, 0.4) is 0 Å². The largest absolute Gasteiger partial charge is 0.496 e. The fourth-order valence-electron chi connectivity index (χ4n) is 2.96. The molecule has 3 rings (SSSR count). The zero-order valence-electron chi connectivity index (χ0n) is 11.8. The second kappa shape index (κ2) is 6.43. The summed E-state index contributed by atoms with van der Waals surface area (Å²) < 4.78 is 12.5. The number of methoxy groups -OCH3 is 1. The Morgan fingerprint density at radius 3 is 2.95 bits per heavy atom. The number of rotatable bonds is 3. The highest BCUT2D eigenvalue weighted by Crippen LogP contribution is 2.35. The van der Waals surface area contributed by atoms with Crippen LogP contribution in [0, 0.1) is 0 Å². The topological polar surface area (TPSA) is 33.7 Å². The summed E-state index contributed by atoms with van der Waals surface area (Å²) in [5, 5.41) is 3.39. The maximum Gasteiger partial charge on any atom is 0.133 e. The van der Waals surface area contributed by atoms with Gasteiger partial charge in [0.25, 0.3) is 0 Å². The van der Waals surface area contributed by atoms with Crippen molar-refractivity contribution in [1.82, 2.24) is 10.2 Å². The molecule has 1 unspecified atom stereocenters. The van der Waals surface area contributed by atoms with Crippen molar-refractivity contribution in [2.45, 2.75) is 12.5 Å². The SMILES string of the molecule is COc1cc2c(cc1Br)CCOC2CN1CCNCC1.